The minimum Gasteiger partial charge on any atom is -0.335 e. The Hall–Kier alpha value is -1.36. The topological polar surface area (TPSA) is 47.8 Å². The first-order valence-corrected chi connectivity index (χ1v) is 5.73. The van der Waals surface area contributed by atoms with Crippen LogP contribution in [-0.2, 0) is 7.05 Å². The number of hydrogen-bond acceptors (Lipinski definition) is 4. The molecule has 0 radical (unpaired) electrons. The number of thioether (sulfide) groups is 1. The third-order valence-corrected chi connectivity index (χ3v) is 2.70. The molecule has 2 aliphatic heterocycles. The summed E-state index contributed by atoms with van der Waals surface area (Å²) in [5, 5.41) is 0.520. The van der Waals surface area contributed by atoms with Crippen molar-refractivity contribution in [2.45, 2.75) is 12.1 Å². The molecule has 2 aliphatic rings. The molecule has 0 bridgehead atoms. The largest absolute Gasteiger partial charge is 0.335 e. The lowest BCUT2D eigenvalue weighted by molar-refractivity contribution is 0.819. The highest BCUT2D eigenvalue weighted by Gasteiger charge is 2.13. The average Bonchev–Trinajstić information content (AvgIpc) is 2.19. The Morgan fingerprint density at radius 1 is 1.40 bits per heavy atom. The molecule has 2 rings (SSSR count). The van der Waals surface area contributed by atoms with Crippen LogP contribution >= 0.6 is 11.8 Å². The van der Waals surface area contributed by atoms with Gasteiger partial charge in [-0.2, -0.15) is 4.98 Å². The number of rotatable bonds is 1. The van der Waals surface area contributed by atoms with Crippen LogP contribution in [0.15, 0.2) is 22.2 Å². The SMILES string of the molecule is CSc1nc2n(C)cc(C)cc-2c(=O)n1. The van der Waals surface area contributed by atoms with Crippen LogP contribution in [0.2, 0.25) is 0 Å². The molecule has 5 heteroatoms. The fourth-order valence-corrected chi connectivity index (χ4v) is 1.89. The van der Waals surface area contributed by atoms with Crippen molar-refractivity contribution < 1.29 is 0 Å². The predicted octanol–water partition coefficient (Wildman–Crippen LogP) is 1.31. The van der Waals surface area contributed by atoms with Gasteiger partial charge in [-0.25, -0.2) is 4.98 Å². The van der Waals surface area contributed by atoms with Gasteiger partial charge in [0.25, 0.3) is 5.56 Å². The molecule has 0 fully saturated rings. The van der Waals surface area contributed by atoms with Crippen LogP contribution in [0.1, 0.15) is 5.56 Å². The zero-order chi connectivity index (χ0) is 11.0. The summed E-state index contributed by atoms with van der Waals surface area (Å²) in [5.74, 6) is 0.685. The van der Waals surface area contributed by atoms with Gasteiger partial charge in [-0.05, 0) is 24.8 Å². The molecule has 0 N–H and O–H groups in total. The minimum absolute atomic E-state index is 0.205. The predicted molar refractivity (Wildman–Crippen MR) is 60.4 cm³/mol. The van der Waals surface area contributed by atoms with Crippen molar-refractivity contribution >= 4 is 11.8 Å². The van der Waals surface area contributed by atoms with E-state index in [1.807, 2.05) is 37.1 Å². The van der Waals surface area contributed by atoms with Gasteiger partial charge in [0.15, 0.2) is 5.16 Å². The molecule has 0 atom stereocenters. The molecule has 0 aromatic carbocycles. The van der Waals surface area contributed by atoms with Gasteiger partial charge in [0.2, 0.25) is 0 Å². The van der Waals surface area contributed by atoms with Crippen LogP contribution < -0.4 is 5.56 Å². The summed E-state index contributed by atoms with van der Waals surface area (Å²) in [6.07, 6.45) is 3.80. The van der Waals surface area contributed by atoms with Gasteiger partial charge in [-0.3, -0.25) is 4.79 Å². The van der Waals surface area contributed by atoms with Gasteiger partial charge in [0, 0.05) is 13.2 Å². The molecule has 0 aromatic rings. The summed E-state index contributed by atoms with van der Waals surface area (Å²) >= 11 is 1.38. The Morgan fingerprint density at radius 2 is 2.13 bits per heavy atom. The maximum atomic E-state index is 11.7. The van der Waals surface area contributed by atoms with Gasteiger partial charge in [-0.15, -0.1) is 0 Å². The van der Waals surface area contributed by atoms with Crippen molar-refractivity contribution in [3.05, 3.63) is 28.2 Å². The maximum absolute atomic E-state index is 11.7. The van der Waals surface area contributed by atoms with Crippen LogP contribution in [0.25, 0.3) is 11.4 Å². The highest BCUT2D eigenvalue weighted by molar-refractivity contribution is 7.98. The van der Waals surface area contributed by atoms with E-state index < -0.39 is 0 Å². The minimum atomic E-state index is -0.205. The van der Waals surface area contributed by atoms with Gasteiger partial charge >= 0.3 is 0 Å². The fraction of sp³-hybridized carbons (Fsp3) is 0.300. The molecule has 0 amide bonds. The Labute approximate surface area is 91.7 Å². The zero-order valence-corrected chi connectivity index (χ0v) is 9.63. The Balaban J connectivity index is 2.85. The number of nitrogens with zero attached hydrogens (tertiary/aromatic N) is 3. The van der Waals surface area contributed by atoms with Crippen molar-refractivity contribution in [1.82, 2.24) is 14.5 Å². The van der Waals surface area contributed by atoms with Crippen LogP contribution in [0.5, 0.6) is 0 Å². The third-order valence-electron chi connectivity index (χ3n) is 2.16. The lowest BCUT2D eigenvalue weighted by atomic mass is 10.2. The smallest absolute Gasteiger partial charge is 0.283 e. The van der Waals surface area contributed by atoms with E-state index in [1.165, 1.54) is 11.8 Å². The molecule has 0 aromatic heterocycles. The molecular formula is C10H11N3OS. The first-order chi connectivity index (χ1) is 7.11. The van der Waals surface area contributed by atoms with Crippen LogP contribution in [0, 0.1) is 6.92 Å². The lowest BCUT2D eigenvalue weighted by Gasteiger charge is -2.11. The summed E-state index contributed by atoms with van der Waals surface area (Å²) < 4.78 is 1.85. The number of hydrogen-bond donors (Lipinski definition) is 0. The molecule has 2 heterocycles. The van der Waals surface area contributed by atoms with Gasteiger partial charge in [0.1, 0.15) is 5.82 Å². The van der Waals surface area contributed by atoms with Gasteiger partial charge < -0.3 is 4.57 Å². The Kier molecular flexibility index (Phi) is 2.48. The van der Waals surface area contributed by atoms with E-state index in [4.69, 9.17) is 0 Å². The molecule has 0 saturated carbocycles. The van der Waals surface area contributed by atoms with Crippen molar-refractivity contribution in [3.63, 3.8) is 0 Å². The molecule has 78 valence electrons. The molecule has 0 aliphatic carbocycles. The molecule has 4 nitrogen and oxygen atoms in total. The fourth-order valence-electron chi connectivity index (χ4n) is 1.54. The Bertz CT molecular complexity index is 535. The lowest BCUT2D eigenvalue weighted by Crippen LogP contribution is -2.17. The molecule has 0 spiro atoms. The van der Waals surface area contributed by atoms with E-state index in [0.29, 0.717) is 16.5 Å². The number of aryl methyl sites for hydroxylation is 2. The first kappa shape index (κ1) is 10.2. The normalized spacial score (nSPS) is 10.9. The van der Waals surface area contributed by atoms with E-state index in [0.717, 1.165) is 5.56 Å². The van der Waals surface area contributed by atoms with E-state index in [2.05, 4.69) is 9.97 Å². The molecule has 15 heavy (non-hydrogen) atoms. The molecule has 0 saturated heterocycles. The van der Waals surface area contributed by atoms with E-state index in [-0.39, 0.29) is 5.56 Å². The standard InChI is InChI=1S/C10H11N3OS/c1-6-4-7-8(13(2)5-6)11-10(15-3)12-9(7)14/h4-5H,1-3H3. The van der Waals surface area contributed by atoms with Crippen molar-refractivity contribution in [1.29, 1.82) is 0 Å². The van der Waals surface area contributed by atoms with Gasteiger partial charge in [-0.1, -0.05) is 11.8 Å². The van der Waals surface area contributed by atoms with Crippen molar-refractivity contribution in [3.8, 4) is 11.4 Å². The molecular weight excluding hydrogens is 210 g/mol. The van der Waals surface area contributed by atoms with Crippen molar-refractivity contribution in [2.24, 2.45) is 7.05 Å². The highest BCUT2D eigenvalue weighted by Crippen LogP contribution is 2.18. The second-order valence-corrected chi connectivity index (χ2v) is 4.15. The Morgan fingerprint density at radius 3 is 2.80 bits per heavy atom. The summed E-state index contributed by atoms with van der Waals surface area (Å²) in [5.41, 5.74) is 1.40. The summed E-state index contributed by atoms with van der Waals surface area (Å²) in [6, 6.07) is 1.82. The monoisotopic (exact) mass is 221 g/mol. The molecule has 0 unspecified atom stereocenters. The van der Waals surface area contributed by atoms with E-state index >= 15 is 0 Å². The number of fused-ring (bicyclic) bond motifs is 1. The first-order valence-electron chi connectivity index (χ1n) is 4.51. The summed E-state index contributed by atoms with van der Waals surface area (Å²) in [6.45, 7) is 1.95. The summed E-state index contributed by atoms with van der Waals surface area (Å²) in [7, 11) is 1.88. The van der Waals surface area contributed by atoms with Gasteiger partial charge in [0.05, 0.1) is 5.56 Å². The number of pyridine rings is 1. The van der Waals surface area contributed by atoms with E-state index in [9.17, 15) is 4.79 Å². The highest BCUT2D eigenvalue weighted by atomic mass is 32.2. The second kappa shape index (κ2) is 3.66. The zero-order valence-electron chi connectivity index (χ0n) is 8.81. The second-order valence-electron chi connectivity index (χ2n) is 3.38. The van der Waals surface area contributed by atoms with Crippen LogP contribution in [-0.4, -0.2) is 20.8 Å². The quantitative estimate of drug-likeness (QED) is 0.538. The number of aromatic nitrogens is 3. The van der Waals surface area contributed by atoms with Crippen molar-refractivity contribution in [2.75, 3.05) is 6.26 Å². The summed E-state index contributed by atoms with van der Waals surface area (Å²) in [4.78, 5) is 19.9. The third kappa shape index (κ3) is 1.74. The van der Waals surface area contributed by atoms with Crippen LogP contribution in [0.4, 0.5) is 0 Å². The van der Waals surface area contributed by atoms with Crippen LogP contribution in [0.3, 0.4) is 0 Å². The average molecular weight is 221 g/mol. The van der Waals surface area contributed by atoms with E-state index in [1.54, 1.807) is 0 Å². The maximum Gasteiger partial charge on any atom is 0.283 e.